The Labute approximate surface area is 167 Å². The van der Waals surface area contributed by atoms with Crippen molar-refractivity contribution in [3.63, 3.8) is 0 Å². The molecule has 2 rings (SSSR count). The van der Waals surface area contributed by atoms with Crippen molar-refractivity contribution in [1.29, 1.82) is 0 Å². The van der Waals surface area contributed by atoms with Crippen molar-refractivity contribution >= 4 is 17.9 Å². The molecule has 1 unspecified atom stereocenters. The summed E-state index contributed by atoms with van der Waals surface area (Å²) in [4.78, 5) is 25.9. The lowest BCUT2D eigenvalue weighted by Crippen LogP contribution is -2.38. The van der Waals surface area contributed by atoms with Crippen molar-refractivity contribution < 1.29 is 19.1 Å². The Morgan fingerprint density at radius 2 is 2.21 bits per heavy atom. The van der Waals surface area contributed by atoms with Crippen molar-refractivity contribution in [2.45, 2.75) is 38.6 Å². The van der Waals surface area contributed by atoms with E-state index in [1.807, 2.05) is 17.0 Å². The van der Waals surface area contributed by atoms with Crippen LogP contribution in [0.3, 0.4) is 0 Å². The number of carbonyl (C=O) groups excluding carboxylic acids is 2. The number of nitrogens with zero attached hydrogens (tertiary/aromatic N) is 1. The highest BCUT2D eigenvalue weighted by Crippen LogP contribution is 2.28. The topological polar surface area (TPSA) is 67.9 Å². The van der Waals surface area contributed by atoms with Gasteiger partial charge in [0.1, 0.15) is 6.61 Å². The molecule has 1 N–H and O–H groups in total. The second kappa shape index (κ2) is 11.2. The van der Waals surface area contributed by atoms with Crippen LogP contribution in [0.25, 0.3) is 6.08 Å². The largest absolute Gasteiger partial charge is 0.493 e. The summed E-state index contributed by atoms with van der Waals surface area (Å²) in [5.74, 6) is 1.30. The molecule has 1 saturated heterocycles. The highest BCUT2D eigenvalue weighted by molar-refractivity contribution is 5.91. The number of nitrogens with one attached hydrogen (secondary N) is 1. The first kappa shape index (κ1) is 21.5. The van der Waals surface area contributed by atoms with Gasteiger partial charge in [-0.15, -0.1) is 0 Å². The number of rotatable bonds is 11. The number of hydrogen-bond acceptors (Lipinski definition) is 4. The van der Waals surface area contributed by atoms with Gasteiger partial charge < -0.3 is 19.7 Å². The number of methoxy groups -OCH3 is 1. The molecule has 1 aliphatic rings. The predicted molar refractivity (Wildman–Crippen MR) is 110 cm³/mol. The van der Waals surface area contributed by atoms with Crippen LogP contribution in [-0.2, 0) is 9.59 Å². The van der Waals surface area contributed by atoms with E-state index in [2.05, 4.69) is 18.8 Å². The number of carbonyl (C=O) groups is 2. The minimum Gasteiger partial charge on any atom is -0.493 e. The molecule has 1 aliphatic heterocycles. The van der Waals surface area contributed by atoms with E-state index in [-0.39, 0.29) is 17.9 Å². The zero-order valence-electron chi connectivity index (χ0n) is 16.8. The molecule has 6 heteroatoms. The van der Waals surface area contributed by atoms with E-state index in [1.165, 1.54) is 6.08 Å². The third-order valence-corrected chi connectivity index (χ3v) is 4.77. The van der Waals surface area contributed by atoms with Gasteiger partial charge in [-0.3, -0.25) is 9.59 Å². The Morgan fingerprint density at radius 3 is 2.86 bits per heavy atom. The maximum atomic E-state index is 12.1. The Balaban J connectivity index is 1.84. The number of hydrogen-bond donors (Lipinski definition) is 1. The van der Waals surface area contributed by atoms with Crippen LogP contribution in [0.5, 0.6) is 11.5 Å². The maximum absolute atomic E-state index is 12.1. The number of likely N-dealkylation sites (tertiary alicyclic amines) is 1. The van der Waals surface area contributed by atoms with Gasteiger partial charge in [0.05, 0.1) is 7.11 Å². The molecule has 1 heterocycles. The molecule has 1 fully saturated rings. The molecule has 0 radical (unpaired) electrons. The average molecular weight is 386 g/mol. The molecule has 1 atom stereocenters. The fraction of sp³-hybridized carbons (Fsp3) is 0.455. The van der Waals surface area contributed by atoms with Gasteiger partial charge in [-0.1, -0.05) is 25.6 Å². The Hall–Kier alpha value is -2.76. The minimum absolute atomic E-state index is 0.159. The molecule has 28 heavy (non-hydrogen) atoms. The second-order valence-electron chi connectivity index (χ2n) is 6.68. The smallest absolute Gasteiger partial charge is 0.244 e. The summed E-state index contributed by atoms with van der Waals surface area (Å²) in [6.45, 7) is 7.48. The molecule has 0 aromatic heterocycles. The van der Waals surface area contributed by atoms with E-state index in [0.717, 1.165) is 31.4 Å². The third-order valence-electron chi connectivity index (χ3n) is 4.77. The van der Waals surface area contributed by atoms with E-state index < -0.39 is 0 Å². The van der Waals surface area contributed by atoms with Gasteiger partial charge in [0.25, 0.3) is 0 Å². The summed E-state index contributed by atoms with van der Waals surface area (Å²) in [6, 6.07) is 5.68. The molecule has 2 amide bonds. The third kappa shape index (κ3) is 6.15. The number of ether oxygens (including phenoxy) is 2. The van der Waals surface area contributed by atoms with E-state index >= 15 is 0 Å². The van der Waals surface area contributed by atoms with Crippen LogP contribution < -0.4 is 14.8 Å². The van der Waals surface area contributed by atoms with Crippen LogP contribution in [0.2, 0.25) is 0 Å². The summed E-state index contributed by atoms with van der Waals surface area (Å²) < 4.78 is 10.8. The number of benzene rings is 1. The lowest BCUT2D eigenvalue weighted by Gasteiger charge is -2.26. The van der Waals surface area contributed by atoms with E-state index in [0.29, 0.717) is 31.1 Å². The standard InChI is InChI=1S/C22H30N2O4/c1-4-15-28-19-10-8-17(16-20(19)27-3)9-11-21(25)23-13-12-18(5-2)24-14-6-7-22(24)26/h4,8-11,16,18H,1,5-7,12-15H2,2-3H3,(H,23,25)/b11-9+. The van der Waals surface area contributed by atoms with Gasteiger partial charge in [0.2, 0.25) is 11.8 Å². The van der Waals surface area contributed by atoms with Gasteiger partial charge in [-0.25, -0.2) is 0 Å². The lowest BCUT2D eigenvalue weighted by molar-refractivity contribution is -0.129. The highest BCUT2D eigenvalue weighted by atomic mass is 16.5. The monoisotopic (exact) mass is 386 g/mol. The van der Waals surface area contributed by atoms with Gasteiger partial charge in [-0.05, 0) is 43.0 Å². The molecule has 0 bridgehead atoms. The van der Waals surface area contributed by atoms with Gasteiger partial charge in [0, 0.05) is 31.6 Å². The zero-order valence-corrected chi connectivity index (χ0v) is 16.8. The minimum atomic E-state index is -0.159. The van der Waals surface area contributed by atoms with Gasteiger partial charge in [0.15, 0.2) is 11.5 Å². The van der Waals surface area contributed by atoms with Crippen LogP contribution in [0.4, 0.5) is 0 Å². The summed E-state index contributed by atoms with van der Waals surface area (Å²) in [6.07, 6.45) is 8.15. The van der Waals surface area contributed by atoms with Crippen molar-refractivity contribution in [3.8, 4) is 11.5 Å². The molecular weight excluding hydrogens is 356 g/mol. The van der Waals surface area contributed by atoms with Crippen molar-refractivity contribution in [1.82, 2.24) is 10.2 Å². The summed E-state index contributed by atoms with van der Waals surface area (Å²) >= 11 is 0. The maximum Gasteiger partial charge on any atom is 0.244 e. The van der Waals surface area contributed by atoms with Crippen molar-refractivity contribution in [2.24, 2.45) is 0 Å². The van der Waals surface area contributed by atoms with Crippen LogP contribution in [-0.4, -0.2) is 49.6 Å². The van der Waals surface area contributed by atoms with E-state index in [1.54, 1.807) is 25.3 Å². The van der Waals surface area contributed by atoms with Crippen LogP contribution in [0.1, 0.15) is 38.2 Å². The summed E-state index contributed by atoms with van der Waals surface area (Å²) in [5, 5.41) is 2.89. The van der Waals surface area contributed by atoms with Gasteiger partial charge in [-0.2, -0.15) is 0 Å². The first-order valence-corrected chi connectivity index (χ1v) is 9.76. The molecule has 0 saturated carbocycles. The van der Waals surface area contributed by atoms with Crippen LogP contribution in [0.15, 0.2) is 36.9 Å². The quantitative estimate of drug-likeness (QED) is 0.468. The SMILES string of the molecule is C=CCOc1ccc(/C=C/C(=O)NCCC(CC)N2CCCC2=O)cc1OC. The molecule has 0 spiro atoms. The highest BCUT2D eigenvalue weighted by Gasteiger charge is 2.26. The Bertz CT molecular complexity index is 714. The second-order valence-corrected chi connectivity index (χ2v) is 6.68. The lowest BCUT2D eigenvalue weighted by atomic mass is 10.1. The van der Waals surface area contributed by atoms with Crippen molar-refractivity contribution in [3.05, 3.63) is 42.5 Å². The Kier molecular flexibility index (Phi) is 8.59. The zero-order chi connectivity index (χ0) is 20.4. The molecular formula is C22H30N2O4. The average Bonchev–Trinajstić information content (AvgIpc) is 3.14. The van der Waals surface area contributed by atoms with Crippen LogP contribution in [0, 0.1) is 0 Å². The first-order chi connectivity index (χ1) is 13.6. The molecule has 152 valence electrons. The molecule has 1 aromatic carbocycles. The number of amides is 2. The normalized spacial score (nSPS) is 14.9. The Morgan fingerprint density at radius 1 is 1.39 bits per heavy atom. The van der Waals surface area contributed by atoms with Crippen molar-refractivity contribution in [2.75, 3.05) is 26.8 Å². The van der Waals surface area contributed by atoms with E-state index in [4.69, 9.17) is 9.47 Å². The fourth-order valence-corrected chi connectivity index (χ4v) is 3.28. The molecule has 0 aliphatic carbocycles. The van der Waals surface area contributed by atoms with Crippen LogP contribution >= 0.6 is 0 Å². The fourth-order valence-electron chi connectivity index (χ4n) is 3.28. The van der Waals surface area contributed by atoms with E-state index in [9.17, 15) is 9.59 Å². The van der Waals surface area contributed by atoms with Gasteiger partial charge >= 0.3 is 0 Å². The summed E-state index contributed by atoms with van der Waals surface area (Å²) in [7, 11) is 1.57. The molecule has 1 aromatic rings. The first-order valence-electron chi connectivity index (χ1n) is 9.76. The summed E-state index contributed by atoms with van der Waals surface area (Å²) in [5.41, 5.74) is 0.840. The molecule has 6 nitrogen and oxygen atoms in total. The predicted octanol–water partition coefficient (Wildman–Crippen LogP) is 3.18.